The van der Waals surface area contributed by atoms with Crippen LogP contribution in [0.2, 0.25) is 0 Å². The van der Waals surface area contributed by atoms with Crippen molar-refractivity contribution in [1.82, 2.24) is 10.3 Å². The number of nitrogens with zero attached hydrogens (tertiary/aromatic N) is 1. The molecule has 2 aromatic rings. The third-order valence-electron chi connectivity index (χ3n) is 5.09. The summed E-state index contributed by atoms with van der Waals surface area (Å²) >= 11 is 0. The summed E-state index contributed by atoms with van der Waals surface area (Å²) < 4.78 is 27.7. The number of amides is 1. The topological polar surface area (TPSA) is 42.0 Å². The molecule has 1 amide bonds. The Morgan fingerprint density at radius 1 is 1.26 bits per heavy atom. The monoisotopic (exact) mass is 372 g/mol. The van der Waals surface area contributed by atoms with E-state index in [1.807, 2.05) is 24.3 Å². The Kier molecular flexibility index (Phi) is 5.59. The summed E-state index contributed by atoms with van der Waals surface area (Å²) in [6.07, 6.45) is 8.69. The van der Waals surface area contributed by atoms with Crippen LogP contribution in [-0.2, 0) is 0 Å². The fraction of sp³-hybridized carbons (Fsp3) is 0.455. The van der Waals surface area contributed by atoms with E-state index in [1.54, 1.807) is 13.0 Å². The smallest absolute Gasteiger partial charge is 0.253 e. The first-order valence-electron chi connectivity index (χ1n) is 9.44. The van der Waals surface area contributed by atoms with Crippen LogP contribution in [0.15, 0.2) is 48.7 Å². The molecule has 5 heteroatoms. The molecule has 144 valence electrons. The van der Waals surface area contributed by atoms with Crippen molar-refractivity contribution in [3.05, 3.63) is 54.2 Å². The number of hydrogen-bond donors (Lipinski definition) is 1. The molecule has 0 fully saturated rings. The number of hydrogen-bond acceptors (Lipinski definition) is 2. The molecule has 2 atom stereocenters. The van der Waals surface area contributed by atoms with Crippen LogP contribution >= 0.6 is 0 Å². The van der Waals surface area contributed by atoms with Crippen LogP contribution in [0, 0.1) is 5.92 Å². The number of allylic oxidation sites excluding steroid dienone is 2. The fourth-order valence-electron chi connectivity index (χ4n) is 4.07. The quantitative estimate of drug-likeness (QED) is 0.679. The van der Waals surface area contributed by atoms with E-state index >= 15 is 0 Å². The normalized spacial score (nSPS) is 19.6. The van der Waals surface area contributed by atoms with Crippen molar-refractivity contribution in [2.45, 2.75) is 57.4 Å². The maximum atomic E-state index is 13.9. The molecule has 0 radical (unpaired) electrons. The predicted molar refractivity (Wildman–Crippen MR) is 104 cm³/mol. The second-order valence-corrected chi connectivity index (χ2v) is 8.03. The lowest BCUT2D eigenvalue weighted by Crippen LogP contribution is -2.50. The van der Waals surface area contributed by atoms with Crippen molar-refractivity contribution in [3.8, 4) is 0 Å². The molecule has 1 heterocycles. The van der Waals surface area contributed by atoms with E-state index in [-0.39, 0.29) is 12.3 Å². The molecule has 27 heavy (non-hydrogen) atoms. The maximum absolute atomic E-state index is 13.9. The van der Waals surface area contributed by atoms with Gasteiger partial charge in [-0.25, -0.2) is 8.78 Å². The third kappa shape index (κ3) is 5.34. The molecule has 1 aliphatic rings. The number of rotatable bonds is 6. The van der Waals surface area contributed by atoms with Gasteiger partial charge in [0.1, 0.15) is 0 Å². The first-order valence-corrected chi connectivity index (χ1v) is 9.44. The van der Waals surface area contributed by atoms with E-state index < -0.39 is 11.5 Å². The Morgan fingerprint density at radius 2 is 2.04 bits per heavy atom. The number of aromatic nitrogens is 1. The minimum atomic E-state index is -2.85. The van der Waals surface area contributed by atoms with E-state index in [2.05, 4.69) is 22.5 Å². The zero-order valence-electron chi connectivity index (χ0n) is 15.8. The summed E-state index contributed by atoms with van der Waals surface area (Å²) in [6.45, 7) is 2.64. The summed E-state index contributed by atoms with van der Waals surface area (Å²) in [5.41, 5.74) is 0.213. The van der Waals surface area contributed by atoms with Gasteiger partial charge in [-0.3, -0.25) is 9.78 Å². The van der Waals surface area contributed by atoms with Crippen LogP contribution in [-0.4, -0.2) is 22.4 Å². The van der Waals surface area contributed by atoms with Crippen LogP contribution in [0.5, 0.6) is 0 Å². The highest BCUT2D eigenvalue weighted by atomic mass is 19.3. The number of para-hydroxylation sites is 1. The summed E-state index contributed by atoms with van der Waals surface area (Å²) in [4.78, 5) is 17.1. The zero-order valence-corrected chi connectivity index (χ0v) is 15.8. The molecule has 0 spiro atoms. The number of carbonyl (C=O) groups is 1. The van der Waals surface area contributed by atoms with Gasteiger partial charge in [0, 0.05) is 23.5 Å². The Morgan fingerprint density at radius 3 is 2.74 bits per heavy atom. The van der Waals surface area contributed by atoms with Crippen LogP contribution in [0.1, 0.15) is 56.3 Å². The largest absolute Gasteiger partial charge is 0.347 e. The van der Waals surface area contributed by atoms with E-state index in [4.69, 9.17) is 0 Å². The number of halogens is 2. The SMILES string of the molecule is CC(F)(F)CC(C)(CC1CC=CCC1)NC(=O)c1cnc2ccccc2c1. The summed E-state index contributed by atoms with van der Waals surface area (Å²) in [5.74, 6) is -2.91. The van der Waals surface area contributed by atoms with Gasteiger partial charge in [-0.05, 0) is 57.6 Å². The molecule has 3 rings (SSSR count). The molecule has 2 unspecified atom stereocenters. The van der Waals surface area contributed by atoms with Gasteiger partial charge in [0.15, 0.2) is 0 Å². The van der Waals surface area contributed by atoms with Crippen LogP contribution in [0.25, 0.3) is 10.9 Å². The lowest BCUT2D eigenvalue weighted by molar-refractivity contribution is -0.0165. The maximum Gasteiger partial charge on any atom is 0.253 e. The Balaban J connectivity index is 1.80. The minimum Gasteiger partial charge on any atom is -0.347 e. The van der Waals surface area contributed by atoms with Crippen molar-refractivity contribution >= 4 is 16.8 Å². The number of benzene rings is 1. The van der Waals surface area contributed by atoms with E-state index in [9.17, 15) is 13.6 Å². The highest BCUT2D eigenvalue weighted by Crippen LogP contribution is 2.34. The molecular formula is C22H26F2N2O. The second kappa shape index (κ2) is 7.75. The molecule has 1 aliphatic carbocycles. The number of fused-ring (bicyclic) bond motifs is 1. The average Bonchev–Trinajstić information content (AvgIpc) is 2.60. The summed E-state index contributed by atoms with van der Waals surface area (Å²) in [7, 11) is 0. The molecule has 0 bridgehead atoms. The molecule has 1 aromatic heterocycles. The molecular weight excluding hydrogens is 346 g/mol. The second-order valence-electron chi connectivity index (χ2n) is 8.03. The number of pyridine rings is 1. The van der Waals surface area contributed by atoms with Crippen LogP contribution in [0.3, 0.4) is 0 Å². The average molecular weight is 372 g/mol. The van der Waals surface area contributed by atoms with Crippen molar-refractivity contribution in [2.75, 3.05) is 0 Å². The van der Waals surface area contributed by atoms with Gasteiger partial charge in [-0.1, -0.05) is 30.4 Å². The van der Waals surface area contributed by atoms with E-state index in [0.717, 1.165) is 37.1 Å². The van der Waals surface area contributed by atoms with Gasteiger partial charge in [-0.2, -0.15) is 0 Å². The van der Waals surface area contributed by atoms with Gasteiger partial charge >= 0.3 is 0 Å². The number of alkyl halides is 2. The highest BCUT2D eigenvalue weighted by Gasteiger charge is 2.38. The lowest BCUT2D eigenvalue weighted by Gasteiger charge is -2.36. The zero-order chi connectivity index (χ0) is 19.5. The molecule has 1 aromatic carbocycles. The first-order chi connectivity index (χ1) is 12.7. The van der Waals surface area contributed by atoms with Gasteiger partial charge in [0.2, 0.25) is 5.92 Å². The highest BCUT2D eigenvalue weighted by molar-refractivity contribution is 5.97. The molecule has 0 saturated carbocycles. The molecule has 1 N–H and O–H groups in total. The minimum absolute atomic E-state index is 0.303. The van der Waals surface area contributed by atoms with Gasteiger partial charge in [0.25, 0.3) is 5.91 Å². The molecule has 0 saturated heterocycles. The Hall–Kier alpha value is -2.30. The standard InChI is InChI=1S/C22H26F2N2O/c1-21(15-22(2,23)24,13-16-8-4-3-5-9-16)26-20(27)18-12-17-10-6-7-11-19(17)25-14-18/h3-4,6-7,10-12,14,16H,5,8-9,13,15H2,1-2H3,(H,26,27). The Bertz CT molecular complexity index is 844. The predicted octanol–water partition coefficient (Wildman–Crippen LogP) is 5.52. The number of carbonyl (C=O) groups excluding carboxylic acids is 1. The first kappa shape index (κ1) is 19.5. The van der Waals surface area contributed by atoms with E-state index in [1.165, 1.54) is 6.20 Å². The van der Waals surface area contributed by atoms with Gasteiger partial charge < -0.3 is 5.32 Å². The van der Waals surface area contributed by atoms with Crippen molar-refractivity contribution in [1.29, 1.82) is 0 Å². The van der Waals surface area contributed by atoms with Crippen LogP contribution < -0.4 is 5.32 Å². The number of nitrogens with one attached hydrogen (secondary N) is 1. The Labute approximate surface area is 158 Å². The van der Waals surface area contributed by atoms with Crippen LogP contribution in [0.4, 0.5) is 8.78 Å². The van der Waals surface area contributed by atoms with Crippen molar-refractivity contribution in [2.24, 2.45) is 5.92 Å². The molecule has 0 aliphatic heterocycles. The lowest BCUT2D eigenvalue weighted by atomic mass is 9.79. The summed E-state index contributed by atoms with van der Waals surface area (Å²) in [6, 6.07) is 9.27. The van der Waals surface area contributed by atoms with Gasteiger partial charge in [-0.15, -0.1) is 0 Å². The third-order valence-corrected chi connectivity index (χ3v) is 5.09. The van der Waals surface area contributed by atoms with Crippen molar-refractivity contribution < 1.29 is 13.6 Å². The van der Waals surface area contributed by atoms with Crippen molar-refractivity contribution in [3.63, 3.8) is 0 Å². The van der Waals surface area contributed by atoms with Gasteiger partial charge in [0.05, 0.1) is 11.1 Å². The van der Waals surface area contributed by atoms with E-state index in [0.29, 0.717) is 17.9 Å². The summed E-state index contributed by atoms with van der Waals surface area (Å²) in [5, 5.41) is 3.75. The molecule has 3 nitrogen and oxygen atoms in total. The fourth-order valence-corrected chi connectivity index (χ4v) is 4.07.